The van der Waals surface area contributed by atoms with Crippen LogP contribution in [0.4, 0.5) is 5.69 Å². The van der Waals surface area contributed by atoms with Crippen LogP contribution in [0.5, 0.6) is 0 Å². The number of halogens is 1. The lowest BCUT2D eigenvalue weighted by Crippen LogP contribution is -2.28. The second kappa shape index (κ2) is 5.56. The summed E-state index contributed by atoms with van der Waals surface area (Å²) in [7, 11) is 0. The maximum Gasteiger partial charge on any atom is 0.103 e. The molecule has 0 aliphatic heterocycles. The lowest BCUT2D eigenvalue weighted by molar-refractivity contribution is 0.204. The monoisotopic (exact) mass is 226 g/mol. The first kappa shape index (κ1) is 11.8. The fraction of sp³-hybridized carbons (Fsp3) is 0.300. The van der Waals surface area contributed by atoms with Crippen molar-refractivity contribution in [3.05, 3.63) is 28.8 Å². The molecule has 4 nitrogen and oxygen atoms in total. The number of nitrogens with zero attached hydrogens (tertiary/aromatic N) is 1. The van der Waals surface area contributed by atoms with Gasteiger partial charge in [0.2, 0.25) is 0 Å². The van der Waals surface area contributed by atoms with E-state index in [9.17, 15) is 0 Å². The largest absolute Gasteiger partial charge is 0.394 e. The summed E-state index contributed by atoms with van der Waals surface area (Å²) >= 11 is 5.81. The number of aliphatic hydroxyl groups is 2. The summed E-state index contributed by atoms with van der Waals surface area (Å²) in [6.07, 6.45) is 0. The molecule has 5 heteroatoms. The van der Waals surface area contributed by atoms with Gasteiger partial charge in [0.05, 0.1) is 35.5 Å². The highest BCUT2D eigenvalue weighted by atomic mass is 35.5. The second-order valence-corrected chi connectivity index (χ2v) is 3.39. The van der Waals surface area contributed by atoms with Crippen molar-refractivity contribution in [2.24, 2.45) is 0 Å². The zero-order valence-electron chi connectivity index (χ0n) is 7.94. The van der Waals surface area contributed by atoms with E-state index in [-0.39, 0.29) is 13.2 Å². The molecule has 1 aromatic carbocycles. The number of hydrogen-bond donors (Lipinski definition) is 3. The average molecular weight is 227 g/mol. The molecule has 0 aliphatic carbocycles. The molecule has 0 fully saturated rings. The van der Waals surface area contributed by atoms with Crippen LogP contribution in [-0.4, -0.2) is 29.5 Å². The molecule has 80 valence electrons. The molecule has 0 aromatic heterocycles. The summed E-state index contributed by atoms with van der Waals surface area (Å²) in [5.74, 6) is 0. The molecule has 0 saturated heterocycles. The van der Waals surface area contributed by atoms with Gasteiger partial charge in [0.25, 0.3) is 0 Å². The van der Waals surface area contributed by atoms with Crippen LogP contribution in [0, 0.1) is 11.3 Å². The second-order valence-electron chi connectivity index (χ2n) is 2.98. The van der Waals surface area contributed by atoms with Crippen molar-refractivity contribution < 1.29 is 10.2 Å². The van der Waals surface area contributed by atoms with Gasteiger partial charge in [-0.2, -0.15) is 5.26 Å². The highest BCUT2D eigenvalue weighted by Gasteiger charge is 2.10. The Bertz CT molecular complexity index is 372. The van der Waals surface area contributed by atoms with E-state index in [4.69, 9.17) is 27.1 Å². The van der Waals surface area contributed by atoms with Crippen molar-refractivity contribution in [1.29, 1.82) is 5.26 Å². The Morgan fingerprint density at radius 3 is 2.60 bits per heavy atom. The molecular formula is C10H11ClN2O2. The average Bonchev–Trinajstić information content (AvgIpc) is 2.26. The summed E-state index contributed by atoms with van der Waals surface area (Å²) in [5.41, 5.74) is 0.823. The Balaban J connectivity index is 2.95. The first-order chi connectivity index (χ1) is 7.22. The van der Waals surface area contributed by atoms with E-state index in [1.807, 2.05) is 6.07 Å². The molecule has 0 unspecified atom stereocenters. The number of benzene rings is 1. The predicted octanol–water partition coefficient (Wildman–Crippen LogP) is 0.977. The molecule has 0 saturated carbocycles. The highest BCUT2D eigenvalue weighted by Crippen LogP contribution is 2.23. The lowest BCUT2D eigenvalue weighted by atomic mass is 10.1. The summed E-state index contributed by atoms with van der Waals surface area (Å²) < 4.78 is 0. The van der Waals surface area contributed by atoms with Crippen molar-refractivity contribution >= 4 is 17.3 Å². The zero-order chi connectivity index (χ0) is 11.3. The fourth-order valence-electron chi connectivity index (χ4n) is 1.13. The first-order valence-electron chi connectivity index (χ1n) is 4.39. The molecule has 1 aromatic rings. The van der Waals surface area contributed by atoms with Gasteiger partial charge in [-0.25, -0.2) is 0 Å². The maximum absolute atomic E-state index is 8.88. The van der Waals surface area contributed by atoms with Gasteiger partial charge in [0.1, 0.15) is 6.07 Å². The third kappa shape index (κ3) is 2.83. The Morgan fingerprint density at radius 1 is 1.40 bits per heavy atom. The smallest absolute Gasteiger partial charge is 0.103 e. The normalized spacial score (nSPS) is 10.1. The van der Waals surface area contributed by atoms with Crippen LogP contribution in [-0.2, 0) is 0 Å². The molecule has 0 radical (unpaired) electrons. The van der Waals surface area contributed by atoms with Crippen molar-refractivity contribution in [2.45, 2.75) is 6.04 Å². The number of anilines is 1. The quantitative estimate of drug-likeness (QED) is 0.715. The standard InChI is InChI=1S/C10H11ClN2O2/c11-9-2-1-3-10(8(9)4-12)13-7(5-14)6-15/h1-3,7,13-15H,5-6H2. The summed E-state index contributed by atoms with van der Waals surface area (Å²) in [4.78, 5) is 0. The van der Waals surface area contributed by atoms with Crippen LogP contribution in [0.3, 0.4) is 0 Å². The van der Waals surface area contributed by atoms with Gasteiger partial charge in [-0.3, -0.25) is 0 Å². The van der Waals surface area contributed by atoms with Crippen molar-refractivity contribution in [1.82, 2.24) is 0 Å². The van der Waals surface area contributed by atoms with E-state index >= 15 is 0 Å². The number of hydrogen-bond acceptors (Lipinski definition) is 4. The van der Waals surface area contributed by atoms with Gasteiger partial charge in [0.15, 0.2) is 0 Å². The molecule has 15 heavy (non-hydrogen) atoms. The predicted molar refractivity (Wildman–Crippen MR) is 57.7 cm³/mol. The van der Waals surface area contributed by atoms with Crippen LogP contribution >= 0.6 is 11.6 Å². The Morgan fingerprint density at radius 2 is 2.07 bits per heavy atom. The fourth-order valence-corrected chi connectivity index (χ4v) is 1.34. The molecule has 1 rings (SSSR count). The molecular weight excluding hydrogens is 216 g/mol. The van der Waals surface area contributed by atoms with E-state index in [0.717, 1.165) is 0 Å². The van der Waals surface area contributed by atoms with Gasteiger partial charge in [0, 0.05) is 0 Å². The van der Waals surface area contributed by atoms with Crippen molar-refractivity contribution in [2.75, 3.05) is 18.5 Å². The van der Waals surface area contributed by atoms with Crippen LogP contribution in [0.2, 0.25) is 5.02 Å². The minimum Gasteiger partial charge on any atom is -0.394 e. The zero-order valence-corrected chi connectivity index (χ0v) is 8.70. The Hall–Kier alpha value is -1.28. The Labute approximate surface area is 92.7 Å². The van der Waals surface area contributed by atoms with Crippen LogP contribution in [0.15, 0.2) is 18.2 Å². The van der Waals surface area contributed by atoms with Gasteiger partial charge < -0.3 is 15.5 Å². The Kier molecular flexibility index (Phi) is 4.37. The van der Waals surface area contributed by atoms with Crippen LogP contribution < -0.4 is 5.32 Å². The van der Waals surface area contributed by atoms with E-state index in [2.05, 4.69) is 5.32 Å². The third-order valence-electron chi connectivity index (χ3n) is 1.93. The summed E-state index contributed by atoms with van der Waals surface area (Å²) in [6, 6.07) is 6.44. The number of aliphatic hydroxyl groups excluding tert-OH is 2. The topological polar surface area (TPSA) is 76.3 Å². The SMILES string of the molecule is N#Cc1c(Cl)cccc1NC(CO)CO. The maximum atomic E-state index is 8.88. The van der Waals surface area contributed by atoms with Gasteiger partial charge >= 0.3 is 0 Å². The van der Waals surface area contributed by atoms with Crippen molar-refractivity contribution in [3.8, 4) is 6.07 Å². The number of rotatable bonds is 4. The van der Waals surface area contributed by atoms with Gasteiger partial charge in [-0.15, -0.1) is 0 Å². The molecule has 0 spiro atoms. The minimum absolute atomic E-state index is 0.214. The summed E-state index contributed by atoms with van der Waals surface area (Å²) in [6.45, 7) is -0.429. The van der Waals surface area contributed by atoms with E-state index < -0.39 is 6.04 Å². The van der Waals surface area contributed by atoms with E-state index in [1.165, 1.54) is 0 Å². The third-order valence-corrected chi connectivity index (χ3v) is 2.24. The van der Waals surface area contributed by atoms with Crippen molar-refractivity contribution in [3.63, 3.8) is 0 Å². The van der Waals surface area contributed by atoms with Gasteiger partial charge in [-0.1, -0.05) is 17.7 Å². The minimum atomic E-state index is -0.490. The molecule has 3 N–H and O–H groups in total. The molecule has 0 aliphatic rings. The van der Waals surface area contributed by atoms with E-state index in [0.29, 0.717) is 16.3 Å². The van der Waals surface area contributed by atoms with Gasteiger partial charge in [-0.05, 0) is 12.1 Å². The molecule has 0 amide bonds. The molecule has 0 heterocycles. The highest BCUT2D eigenvalue weighted by molar-refractivity contribution is 6.32. The number of nitriles is 1. The molecule has 0 atom stereocenters. The first-order valence-corrected chi connectivity index (χ1v) is 4.77. The van der Waals surface area contributed by atoms with Crippen LogP contribution in [0.1, 0.15) is 5.56 Å². The molecule has 0 bridgehead atoms. The number of nitrogens with one attached hydrogen (secondary N) is 1. The van der Waals surface area contributed by atoms with Crippen LogP contribution in [0.25, 0.3) is 0 Å². The van der Waals surface area contributed by atoms with E-state index in [1.54, 1.807) is 18.2 Å². The summed E-state index contributed by atoms with van der Waals surface area (Å²) in [5, 5.41) is 29.8. The lowest BCUT2D eigenvalue weighted by Gasteiger charge is -2.16.